The zero-order valence-electron chi connectivity index (χ0n) is 23.0. The Hall–Kier alpha value is -3.03. The molecule has 8 nitrogen and oxygen atoms in total. The van der Waals surface area contributed by atoms with Gasteiger partial charge in [0, 0.05) is 25.6 Å². The van der Waals surface area contributed by atoms with Gasteiger partial charge in [-0.25, -0.2) is 0 Å². The number of nitrogens with zero attached hydrogens (tertiary/aromatic N) is 2. The Morgan fingerprint density at radius 1 is 1.08 bits per heavy atom. The van der Waals surface area contributed by atoms with Crippen molar-refractivity contribution in [1.82, 2.24) is 20.4 Å². The SMILES string of the molecule is CCCCNC(=O)C[C@@H](CC(C)C)NC(=O)c1cc(-c2c(OC)cccc2OC)n(CC(C)CC)n1. The van der Waals surface area contributed by atoms with E-state index in [2.05, 4.69) is 45.3 Å². The summed E-state index contributed by atoms with van der Waals surface area (Å²) >= 11 is 0. The maximum Gasteiger partial charge on any atom is 0.272 e. The van der Waals surface area contributed by atoms with E-state index in [0.717, 1.165) is 30.5 Å². The van der Waals surface area contributed by atoms with Gasteiger partial charge in [0.2, 0.25) is 5.91 Å². The minimum atomic E-state index is -0.292. The van der Waals surface area contributed by atoms with Gasteiger partial charge in [-0.3, -0.25) is 14.3 Å². The van der Waals surface area contributed by atoms with E-state index in [1.807, 2.05) is 22.9 Å². The molecular formula is C28H44N4O4. The van der Waals surface area contributed by atoms with Crippen molar-refractivity contribution in [3.63, 3.8) is 0 Å². The molecule has 0 aliphatic carbocycles. The first-order valence-electron chi connectivity index (χ1n) is 13.1. The second-order valence-electron chi connectivity index (χ2n) is 9.86. The van der Waals surface area contributed by atoms with Crippen LogP contribution in [0.2, 0.25) is 0 Å². The summed E-state index contributed by atoms with van der Waals surface area (Å²) in [7, 11) is 3.23. The highest BCUT2D eigenvalue weighted by molar-refractivity contribution is 5.94. The van der Waals surface area contributed by atoms with E-state index in [0.29, 0.717) is 48.5 Å². The summed E-state index contributed by atoms with van der Waals surface area (Å²) in [6.07, 6.45) is 3.89. The van der Waals surface area contributed by atoms with Crippen LogP contribution in [0, 0.1) is 11.8 Å². The number of hydrogen-bond acceptors (Lipinski definition) is 5. The molecule has 0 saturated carbocycles. The number of benzene rings is 1. The zero-order chi connectivity index (χ0) is 26.7. The molecule has 2 amide bonds. The zero-order valence-corrected chi connectivity index (χ0v) is 23.0. The number of amides is 2. The molecule has 0 saturated heterocycles. The Labute approximate surface area is 216 Å². The van der Waals surface area contributed by atoms with Crippen LogP contribution in [0.15, 0.2) is 24.3 Å². The van der Waals surface area contributed by atoms with E-state index in [-0.39, 0.29) is 24.3 Å². The summed E-state index contributed by atoms with van der Waals surface area (Å²) in [6.45, 7) is 11.8. The van der Waals surface area contributed by atoms with Crippen LogP contribution in [0.4, 0.5) is 0 Å². The van der Waals surface area contributed by atoms with Gasteiger partial charge < -0.3 is 20.1 Å². The highest BCUT2D eigenvalue weighted by atomic mass is 16.5. The lowest BCUT2D eigenvalue weighted by Gasteiger charge is -2.20. The van der Waals surface area contributed by atoms with Crippen LogP contribution in [-0.2, 0) is 11.3 Å². The van der Waals surface area contributed by atoms with E-state index in [1.54, 1.807) is 20.3 Å². The average molecular weight is 501 g/mol. The molecule has 2 N–H and O–H groups in total. The van der Waals surface area contributed by atoms with Gasteiger partial charge in [-0.1, -0.05) is 53.5 Å². The minimum absolute atomic E-state index is 0.0452. The molecule has 2 aromatic rings. The molecule has 0 radical (unpaired) electrons. The fourth-order valence-corrected chi connectivity index (χ4v) is 4.12. The number of ether oxygens (including phenoxy) is 2. The van der Waals surface area contributed by atoms with Crippen molar-refractivity contribution in [2.24, 2.45) is 11.8 Å². The Bertz CT molecular complexity index is 964. The molecule has 0 bridgehead atoms. The molecule has 0 spiro atoms. The largest absolute Gasteiger partial charge is 0.496 e. The smallest absolute Gasteiger partial charge is 0.272 e. The van der Waals surface area contributed by atoms with Crippen molar-refractivity contribution in [1.29, 1.82) is 0 Å². The highest BCUT2D eigenvalue weighted by Crippen LogP contribution is 2.39. The molecular weight excluding hydrogens is 456 g/mol. The van der Waals surface area contributed by atoms with E-state index in [9.17, 15) is 9.59 Å². The fourth-order valence-electron chi connectivity index (χ4n) is 4.12. The number of carbonyl (C=O) groups is 2. The summed E-state index contributed by atoms with van der Waals surface area (Å²) < 4.78 is 13.1. The Morgan fingerprint density at radius 2 is 1.75 bits per heavy atom. The van der Waals surface area contributed by atoms with E-state index in [1.165, 1.54) is 0 Å². The van der Waals surface area contributed by atoms with Gasteiger partial charge in [-0.15, -0.1) is 0 Å². The third kappa shape index (κ3) is 8.28. The fraction of sp³-hybridized carbons (Fsp3) is 0.607. The Balaban J connectivity index is 2.37. The van der Waals surface area contributed by atoms with Crippen LogP contribution in [0.3, 0.4) is 0 Å². The van der Waals surface area contributed by atoms with Crippen molar-refractivity contribution in [3.05, 3.63) is 30.0 Å². The number of methoxy groups -OCH3 is 2. The molecule has 0 aliphatic rings. The van der Waals surface area contributed by atoms with Gasteiger partial charge in [0.05, 0.1) is 25.5 Å². The molecule has 8 heteroatoms. The number of unbranched alkanes of at least 4 members (excludes halogenated alkanes) is 1. The van der Waals surface area contributed by atoms with Crippen LogP contribution in [-0.4, -0.2) is 48.4 Å². The molecule has 1 aromatic carbocycles. The second-order valence-corrected chi connectivity index (χ2v) is 9.86. The van der Waals surface area contributed by atoms with E-state index in [4.69, 9.17) is 14.6 Å². The van der Waals surface area contributed by atoms with Crippen molar-refractivity contribution in [2.45, 2.75) is 79.3 Å². The van der Waals surface area contributed by atoms with Crippen LogP contribution >= 0.6 is 0 Å². The predicted molar refractivity (Wildman–Crippen MR) is 143 cm³/mol. The van der Waals surface area contributed by atoms with Gasteiger partial charge >= 0.3 is 0 Å². The number of nitrogens with one attached hydrogen (secondary N) is 2. The summed E-state index contributed by atoms with van der Waals surface area (Å²) in [6, 6.07) is 7.11. The first kappa shape index (κ1) is 29.2. The topological polar surface area (TPSA) is 94.5 Å². The standard InChI is InChI=1S/C28H44N4O4/c1-8-10-14-29-26(33)16-21(15-19(3)4)30-28(34)22-17-23(32(31-22)18-20(5)9-2)27-24(35-6)12-11-13-25(27)36-7/h11-13,17,19-21H,8-10,14-16,18H2,1-7H3,(H,29,33)(H,30,34)/t20?,21-/m1/s1. The molecule has 2 atom stereocenters. The van der Waals surface area contributed by atoms with Crippen molar-refractivity contribution >= 4 is 11.8 Å². The number of carbonyl (C=O) groups excluding carboxylic acids is 2. The van der Waals surface area contributed by atoms with Crippen molar-refractivity contribution in [2.75, 3.05) is 20.8 Å². The van der Waals surface area contributed by atoms with Crippen LogP contribution in [0.1, 0.15) is 77.2 Å². The lowest BCUT2D eigenvalue weighted by Crippen LogP contribution is -2.40. The molecule has 36 heavy (non-hydrogen) atoms. The average Bonchev–Trinajstić information content (AvgIpc) is 3.26. The monoisotopic (exact) mass is 500 g/mol. The first-order chi connectivity index (χ1) is 17.2. The van der Waals surface area contributed by atoms with Crippen LogP contribution in [0.25, 0.3) is 11.3 Å². The second kappa shape index (κ2) is 14.5. The van der Waals surface area contributed by atoms with Crippen LogP contribution < -0.4 is 20.1 Å². The molecule has 1 aromatic heterocycles. The predicted octanol–water partition coefficient (Wildman–Crippen LogP) is 5.06. The van der Waals surface area contributed by atoms with Gasteiger partial charge in [-0.05, 0) is 42.9 Å². The normalized spacial score (nSPS) is 12.8. The minimum Gasteiger partial charge on any atom is -0.496 e. The van der Waals surface area contributed by atoms with E-state index < -0.39 is 0 Å². The number of aromatic nitrogens is 2. The molecule has 1 unspecified atom stereocenters. The number of rotatable bonds is 15. The van der Waals surface area contributed by atoms with Crippen LogP contribution in [0.5, 0.6) is 11.5 Å². The van der Waals surface area contributed by atoms with Gasteiger partial charge in [0.15, 0.2) is 5.69 Å². The van der Waals surface area contributed by atoms with Crippen molar-refractivity contribution in [3.8, 4) is 22.8 Å². The van der Waals surface area contributed by atoms with Gasteiger partial charge in [-0.2, -0.15) is 5.10 Å². The Kier molecular flexibility index (Phi) is 11.8. The third-order valence-electron chi connectivity index (χ3n) is 6.25. The maximum absolute atomic E-state index is 13.4. The number of hydrogen-bond donors (Lipinski definition) is 2. The summed E-state index contributed by atoms with van der Waals surface area (Å²) in [5.41, 5.74) is 1.82. The third-order valence-corrected chi connectivity index (χ3v) is 6.25. The summed E-state index contributed by atoms with van der Waals surface area (Å²) in [5, 5.41) is 10.7. The molecule has 1 heterocycles. The highest BCUT2D eigenvalue weighted by Gasteiger charge is 2.24. The van der Waals surface area contributed by atoms with Gasteiger partial charge in [0.1, 0.15) is 11.5 Å². The lowest BCUT2D eigenvalue weighted by molar-refractivity contribution is -0.121. The lowest BCUT2D eigenvalue weighted by atomic mass is 10.0. The molecule has 2 rings (SSSR count). The van der Waals surface area contributed by atoms with Crippen molar-refractivity contribution < 1.29 is 19.1 Å². The van der Waals surface area contributed by atoms with Gasteiger partial charge in [0.25, 0.3) is 5.91 Å². The maximum atomic E-state index is 13.4. The van der Waals surface area contributed by atoms with E-state index >= 15 is 0 Å². The quantitative estimate of drug-likeness (QED) is 0.333. The molecule has 200 valence electrons. The molecule has 0 aliphatic heterocycles. The summed E-state index contributed by atoms with van der Waals surface area (Å²) in [4.78, 5) is 25.8. The summed E-state index contributed by atoms with van der Waals surface area (Å²) in [5.74, 6) is 1.65. The first-order valence-corrected chi connectivity index (χ1v) is 13.1. The Morgan fingerprint density at radius 3 is 2.31 bits per heavy atom. The molecule has 0 fully saturated rings.